The van der Waals surface area contributed by atoms with Gasteiger partial charge < -0.3 is 15.2 Å². The van der Waals surface area contributed by atoms with Gasteiger partial charge in [0.05, 0.1) is 17.3 Å². The smallest absolute Gasteiger partial charge is 0.250 e. The molecule has 0 spiro atoms. The van der Waals surface area contributed by atoms with E-state index < -0.39 is 16.4 Å². The van der Waals surface area contributed by atoms with E-state index >= 15 is 0 Å². The third-order valence-electron chi connectivity index (χ3n) is 2.43. The normalized spacial score (nSPS) is 11.3. The van der Waals surface area contributed by atoms with Gasteiger partial charge in [-0.05, 0) is 30.7 Å². The lowest BCUT2D eigenvalue weighted by atomic mass is 10.2. The summed E-state index contributed by atoms with van der Waals surface area (Å²) in [4.78, 5) is 11.5. The Hall–Kier alpha value is -1.44. The standard InChI is InChI=1S/C12H17NO5S/c1-9-7-10(13-12(15)8-18-2)3-4-11(9)19(16,17)6-5-14/h3-4,7,14H,5-6,8H2,1-2H3,(H,13,15). The summed E-state index contributed by atoms with van der Waals surface area (Å²) >= 11 is 0. The number of carbonyl (C=O) groups is 1. The fourth-order valence-corrected chi connectivity index (χ4v) is 2.92. The molecule has 0 aliphatic carbocycles. The van der Waals surface area contributed by atoms with E-state index in [1.165, 1.54) is 19.2 Å². The molecule has 1 amide bonds. The van der Waals surface area contributed by atoms with Crippen molar-refractivity contribution in [2.75, 3.05) is 31.4 Å². The highest BCUT2D eigenvalue weighted by Gasteiger charge is 2.16. The predicted molar refractivity (Wildman–Crippen MR) is 70.8 cm³/mol. The van der Waals surface area contributed by atoms with E-state index in [1.807, 2.05) is 0 Å². The molecule has 0 aromatic heterocycles. The topological polar surface area (TPSA) is 92.7 Å². The number of carbonyl (C=O) groups excluding carboxylic acids is 1. The summed E-state index contributed by atoms with van der Waals surface area (Å²) in [6, 6.07) is 4.49. The maximum absolute atomic E-state index is 11.8. The molecule has 106 valence electrons. The highest BCUT2D eigenvalue weighted by atomic mass is 32.2. The molecule has 1 aromatic rings. The zero-order valence-corrected chi connectivity index (χ0v) is 11.7. The molecule has 0 saturated carbocycles. The Bertz CT molecular complexity index is 553. The molecule has 19 heavy (non-hydrogen) atoms. The van der Waals surface area contributed by atoms with Gasteiger partial charge in [-0.2, -0.15) is 0 Å². The Kier molecular flexibility index (Phi) is 5.46. The van der Waals surface area contributed by atoms with Gasteiger partial charge in [-0.3, -0.25) is 4.79 Å². The Morgan fingerprint density at radius 2 is 2.11 bits per heavy atom. The molecule has 0 bridgehead atoms. The van der Waals surface area contributed by atoms with Gasteiger partial charge in [-0.1, -0.05) is 0 Å². The molecule has 6 nitrogen and oxygen atoms in total. The summed E-state index contributed by atoms with van der Waals surface area (Å²) in [6.45, 7) is 1.15. The van der Waals surface area contributed by atoms with E-state index in [-0.39, 0.29) is 23.2 Å². The number of methoxy groups -OCH3 is 1. The molecule has 1 rings (SSSR count). The second-order valence-corrected chi connectivity index (χ2v) is 6.08. The summed E-state index contributed by atoms with van der Waals surface area (Å²) in [7, 11) is -2.07. The lowest BCUT2D eigenvalue weighted by Crippen LogP contribution is -2.17. The van der Waals surface area contributed by atoms with Crippen LogP contribution in [0.3, 0.4) is 0 Å². The van der Waals surface area contributed by atoms with Crippen molar-refractivity contribution in [2.24, 2.45) is 0 Å². The largest absolute Gasteiger partial charge is 0.395 e. The molecule has 1 aromatic carbocycles. The lowest BCUT2D eigenvalue weighted by Gasteiger charge is -2.10. The van der Waals surface area contributed by atoms with Crippen LogP contribution in [0.4, 0.5) is 5.69 Å². The van der Waals surface area contributed by atoms with Crippen LogP contribution in [0.25, 0.3) is 0 Å². The van der Waals surface area contributed by atoms with Gasteiger partial charge in [-0.15, -0.1) is 0 Å². The zero-order valence-electron chi connectivity index (χ0n) is 10.8. The van der Waals surface area contributed by atoms with Crippen LogP contribution in [0.1, 0.15) is 5.56 Å². The summed E-state index contributed by atoms with van der Waals surface area (Å²) < 4.78 is 28.3. The summed E-state index contributed by atoms with van der Waals surface area (Å²) in [5.74, 6) is -0.628. The number of benzene rings is 1. The molecule has 0 atom stereocenters. The van der Waals surface area contributed by atoms with Crippen molar-refractivity contribution < 1.29 is 23.1 Å². The number of nitrogens with one attached hydrogen (secondary N) is 1. The van der Waals surface area contributed by atoms with E-state index in [4.69, 9.17) is 5.11 Å². The van der Waals surface area contributed by atoms with Gasteiger partial charge in [0.1, 0.15) is 6.61 Å². The van der Waals surface area contributed by atoms with E-state index in [1.54, 1.807) is 13.0 Å². The molecule has 2 N–H and O–H groups in total. The number of ether oxygens (including phenoxy) is 1. The third kappa shape index (κ3) is 4.30. The molecule has 0 radical (unpaired) electrons. The average Bonchev–Trinajstić information content (AvgIpc) is 2.28. The molecule has 0 aliphatic rings. The van der Waals surface area contributed by atoms with Crippen LogP contribution in [0.2, 0.25) is 0 Å². The SMILES string of the molecule is COCC(=O)Nc1ccc(S(=O)(=O)CCO)c(C)c1. The van der Waals surface area contributed by atoms with Crippen LogP contribution in [0.5, 0.6) is 0 Å². The third-order valence-corrected chi connectivity index (χ3v) is 4.28. The highest BCUT2D eigenvalue weighted by Crippen LogP contribution is 2.20. The Morgan fingerprint density at radius 1 is 1.42 bits per heavy atom. The second-order valence-electron chi connectivity index (χ2n) is 4.00. The highest BCUT2D eigenvalue weighted by molar-refractivity contribution is 7.91. The Labute approximate surface area is 112 Å². The zero-order chi connectivity index (χ0) is 14.5. The van der Waals surface area contributed by atoms with Crippen LogP contribution in [-0.2, 0) is 19.4 Å². The van der Waals surface area contributed by atoms with Crippen molar-refractivity contribution in [2.45, 2.75) is 11.8 Å². The van der Waals surface area contributed by atoms with Crippen molar-refractivity contribution in [3.05, 3.63) is 23.8 Å². The first kappa shape index (κ1) is 15.6. The van der Waals surface area contributed by atoms with Gasteiger partial charge in [-0.25, -0.2) is 8.42 Å². The molecule has 0 aliphatic heterocycles. The summed E-state index contributed by atoms with van der Waals surface area (Å²) in [6.07, 6.45) is 0. The minimum absolute atomic E-state index is 0.0659. The quantitative estimate of drug-likeness (QED) is 0.787. The number of anilines is 1. The Morgan fingerprint density at radius 3 is 2.63 bits per heavy atom. The number of sulfone groups is 1. The number of aliphatic hydroxyl groups excluding tert-OH is 1. The van der Waals surface area contributed by atoms with Crippen molar-refractivity contribution in [3.63, 3.8) is 0 Å². The number of aryl methyl sites for hydroxylation is 1. The van der Waals surface area contributed by atoms with Crippen molar-refractivity contribution in [1.82, 2.24) is 0 Å². The Balaban J connectivity index is 2.95. The maximum atomic E-state index is 11.8. The molecule has 0 saturated heterocycles. The second kappa shape index (κ2) is 6.65. The number of amides is 1. The van der Waals surface area contributed by atoms with Crippen LogP contribution < -0.4 is 5.32 Å². The van der Waals surface area contributed by atoms with Gasteiger partial charge in [0.15, 0.2) is 9.84 Å². The van der Waals surface area contributed by atoms with Gasteiger partial charge in [0, 0.05) is 12.8 Å². The van der Waals surface area contributed by atoms with Gasteiger partial charge in [0.2, 0.25) is 5.91 Å². The number of hydrogen-bond acceptors (Lipinski definition) is 5. The monoisotopic (exact) mass is 287 g/mol. The summed E-state index contributed by atoms with van der Waals surface area (Å²) in [5.41, 5.74) is 1.02. The van der Waals surface area contributed by atoms with E-state index in [9.17, 15) is 13.2 Å². The maximum Gasteiger partial charge on any atom is 0.250 e. The summed E-state index contributed by atoms with van der Waals surface area (Å²) in [5, 5.41) is 11.3. The first-order valence-corrected chi connectivity index (χ1v) is 7.29. The van der Waals surface area contributed by atoms with Gasteiger partial charge in [0.25, 0.3) is 0 Å². The molecular weight excluding hydrogens is 270 g/mol. The van der Waals surface area contributed by atoms with Crippen LogP contribution >= 0.6 is 0 Å². The van der Waals surface area contributed by atoms with E-state index in [2.05, 4.69) is 10.1 Å². The van der Waals surface area contributed by atoms with Crippen LogP contribution in [0, 0.1) is 6.92 Å². The molecule has 0 unspecified atom stereocenters. The van der Waals surface area contributed by atoms with Crippen molar-refractivity contribution in [3.8, 4) is 0 Å². The van der Waals surface area contributed by atoms with Crippen LogP contribution in [-0.4, -0.2) is 45.5 Å². The predicted octanol–water partition coefficient (Wildman–Crippen LogP) is 0.346. The van der Waals surface area contributed by atoms with Crippen LogP contribution in [0.15, 0.2) is 23.1 Å². The number of hydrogen-bond donors (Lipinski definition) is 2. The first-order chi connectivity index (χ1) is 8.90. The fourth-order valence-electron chi connectivity index (χ4n) is 1.63. The average molecular weight is 287 g/mol. The van der Waals surface area contributed by atoms with Crippen molar-refractivity contribution in [1.29, 1.82) is 0 Å². The number of rotatable bonds is 6. The minimum Gasteiger partial charge on any atom is -0.395 e. The molecule has 7 heteroatoms. The molecule has 0 fully saturated rings. The van der Waals surface area contributed by atoms with E-state index in [0.717, 1.165) is 0 Å². The minimum atomic E-state index is -3.48. The lowest BCUT2D eigenvalue weighted by molar-refractivity contribution is -0.119. The first-order valence-electron chi connectivity index (χ1n) is 5.63. The molecule has 0 heterocycles. The fraction of sp³-hybridized carbons (Fsp3) is 0.417. The van der Waals surface area contributed by atoms with Gasteiger partial charge >= 0.3 is 0 Å². The van der Waals surface area contributed by atoms with E-state index in [0.29, 0.717) is 11.3 Å². The molecular formula is C12H17NO5S. The van der Waals surface area contributed by atoms with Crippen molar-refractivity contribution >= 4 is 21.4 Å². The number of aliphatic hydroxyl groups is 1.